The first kappa shape index (κ1) is 14.1. The van der Waals surface area contributed by atoms with E-state index in [0.717, 1.165) is 11.1 Å². The third-order valence-corrected chi connectivity index (χ3v) is 3.06. The largest absolute Gasteiger partial charge is 0.508 e. The normalized spacial score (nSPS) is 10.2. The molecule has 0 saturated heterocycles. The predicted molar refractivity (Wildman–Crippen MR) is 77.3 cm³/mol. The molecule has 2 rings (SSSR count). The number of carbonyl (C=O) groups excluding carboxylic acids is 1. The van der Waals surface area contributed by atoms with E-state index in [0.29, 0.717) is 25.9 Å². The van der Waals surface area contributed by atoms with Gasteiger partial charge >= 0.3 is 5.97 Å². The number of hydrogen-bond acceptors (Lipinski definition) is 3. The monoisotopic (exact) mass is 270 g/mol. The zero-order valence-electron chi connectivity index (χ0n) is 11.3. The molecule has 0 fully saturated rings. The maximum atomic E-state index is 11.6. The summed E-state index contributed by atoms with van der Waals surface area (Å²) in [6.07, 6.45) is 1.71. The smallest absolute Gasteiger partial charge is 0.306 e. The highest BCUT2D eigenvalue weighted by Crippen LogP contribution is 2.18. The molecule has 0 aliphatic heterocycles. The van der Waals surface area contributed by atoms with Crippen molar-refractivity contribution in [2.75, 3.05) is 0 Å². The second kappa shape index (κ2) is 7.34. The minimum atomic E-state index is -0.204. The number of carbonyl (C=O) groups is 1. The SMILES string of the molecule is O=C(CCCc1ccccc1O)OCc1ccccc1. The van der Waals surface area contributed by atoms with E-state index >= 15 is 0 Å². The van der Waals surface area contributed by atoms with Crippen LogP contribution in [0.4, 0.5) is 0 Å². The minimum Gasteiger partial charge on any atom is -0.508 e. The molecule has 0 radical (unpaired) electrons. The van der Waals surface area contributed by atoms with Crippen LogP contribution in [0.15, 0.2) is 54.6 Å². The summed E-state index contributed by atoms with van der Waals surface area (Å²) < 4.78 is 5.19. The molecule has 0 spiro atoms. The first-order valence-corrected chi connectivity index (χ1v) is 6.72. The number of aromatic hydroxyl groups is 1. The Kier molecular flexibility index (Phi) is 5.18. The van der Waals surface area contributed by atoms with Crippen LogP contribution in [-0.2, 0) is 22.6 Å². The summed E-state index contributed by atoms with van der Waals surface area (Å²) in [4.78, 5) is 11.6. The van der Waals surface area contributed by atoms with Crippen LogP contribution in [0.1, 0.15) is 24.0 Å². The summed E-state index contributed by atoms with van der Waals surface area (Å²) in [6.45, 7) is 0.316. The number of rotatable bonds is 6. The molecule has 3 nitrogen and oxygen atoms in total. The summed E-state index contributed by atoms with van der Waals surface area (Å²) in [7, 11) is 0. The molecular formula is C17H18O3. The minimum absolute atomic E-state index is 0.204. The summed E-state index contributed by atoms with van der Waals surface area (Å²) in [5, 5.41) is 9.61. The Morgan fingerprint density at radius 3 is 2.45 bits per heavy atom. The highest BCUT2D eigenvalue weighted by Gasteiger charge is 2.05. The van der Waals surface area contributed by atoms with Gasteiger partial charge in [0.1, 0.15) is 12.4 Å². The highest BCUT2D eigenvalue weighted by molar-refractivity contribution is 5.69. The van der Waals surface area contributed by atoms with Crippen molar-refractivity contribution < 1.29 is 14.6 Å². The molecule has 0 aliphatic carbocycles. The lowest BCUT2D eigenvalue weighted by Crippen LogP contribution is -2.05. The van der Waals surface area contributed by atoms with E-state index in [2.05, 4.69) is 0 Å². The van der Waals surface area contributed by atoms with Crippen molar-refractivity contribution >= 4 is 5.97 Å². The van der Waals surface area contributed by atoms with Gasteiger partial charge < -0.3 is 9.84 Å². The van der Waals surface area contributed by atoms with Gasteiger partial charge in [0.25, 0.3) is 0 Å². The van der Waals surface area contributed by atoms with E-state index in [1.807, 2.05) is 42.5 Å². The Morgan fingerprint density at radius 2 is 1.70 bits per heavy atom. The molecule has 104 valence electrons. The van der Waals surface area contributed by atoms with Crippen molar-refractivity contribution in [2.24, 2.45) is 0 Å². The van der Waals surface area contributed by atoms with Gasteiger partial charge in [-0.15, -0.1) is 0 Å². The van der Waals surface area contributed by atoms with Gasteiger partial charge in [-0.1, -0.05) is 48.5 Å². The number of aryl methyl sites for hydroxylation is 1. The van der Waals surface area contributed by atoms with Crippen molar-refractivity contribution in [2.45, 2.75) is 25.9 Å². The molecule has 3 heteroatoms. The fraction of sp³-hybridized carbons (Fsp3) is 0.235. The molecular weight excluding hydrogens is 252 g/mol. The Labute approximate surface area is 118 Å². The topological polar surface area (TPSA) is 46.5 Å². The van der Waals surface area contributed by atoms with E-state index in [1.165, 1.54) is 0 Å². The zero-order valence-corrected chi connectivity index (χ0v) is 11.3. The number of para-hydroxylation sites is 1. The highest BCUT2D eigenvalue weighted by atomic mass is 16.5. The molecule has 2 aromatic rings. The molecule has 0 heterocycles. The standard InChI is InChI=1S/C17H18O3/c18-16-11-5-4-9-15(16)10-6-12-17(19)20-13-14-7-2-1-3-8-14/h1-5,7-9,11,18H,6,10,12-13H2. The van der Waals surface area contributed by atoms with Crippen LogP contribution in [0.2, 0.25) is 0 Å². The van der Waals surface area contributed by atoms with Gasteiger partial charge in [-0.05, 0) is 30.0 Å². The average molecular weight is 270 g/mol. The summed E-state index contributed by atoms with van der Waals surface area (Å²) in [5.41, 5.74) is 1.85. The first-order chi connectivity index (χ1) is 9.75. The molecule has 2 aromatic carbocycles. The zero-order chi connectivity index (χ0) is 14.2. The molecule has 20 heavy (non-hydrogen) atoms. The molecule has 0 aromatic heterocycles. The van der Waals surface area contributed by atoms with Crippen LogP contribution in [0.5, 0.6) is 5.75 Å². The van der Waals surface area contributed by atoms with Gasteiger partial charge in [0.15, 0.2) is 0 Å². The molecule has 0 atom stereocenters. The Bertz CT molecular complexity index is 549. The Balaban J connectivity index is 1.69. The van der Waals surface area contributed by atoms with Gasteiger partial charge in [-0.2, -0.15) is 0 Å². The Morgan fingerprint density at radius 1 is 1.00 bits per heavy atom. The van der Waals surface area contributed by atoms with Gasteiger partial charge in [-0.3, -0.25) is 4.79 Å². The molecule has 1 N–H and O–H groups in total. The molecule has 0 unspecified atom stereocenters. The maximum Gasteiger partial charge on any atom is 0.306 e. The van der Waals surface area contributed by atoms with Gasteiger partial charge in [0.2, 0.25) is 0 Å². The van der Waals surface area contributed by atoms with Crippen molar-refractivity contribution in [3.63, 3.8) is 0 Å². The van der Waals surface area contributed by atoms with Crippen LogP contribution >= 0.6 is 0 Å². The van der Waals surface area contributed by atoms with Crippen molar-refractivity contribution in [1.29, 1.82) is 0 Å². The number of phenolic OH excluding ortho intramolecular Hbond substituents is 1. The lowest BCUT2D eigenvalue weighted by molar-refractivity contribution is -0.145. The van der Waals surface area contributed by atoms with Crippen molar-refractivity contribution in [1.82, 2.24) is 0 Å². The second-order valence-electron chi connectivity index (χ2n) is 4.63. The van der Waals surface area contributed by atoms with Gasteiger partial charge in [0.05, 0.1) is 0 Å². The molecule has 0 saturated carbocycles. The lowest BCUT2D eigenvalue weighted by Gasteiger charge is -2.06. The van der Waals surface area contributed by atoms with E-state index in [-0.39, 0.29) is 11.7 Å². The van der Waals surface area contributed by atoms with Crippen LogP contribution < -0.4 is 0 Å². The molecule has 0 amide bonds. The van der Waals surface area contributed by atoms with E-state index in [9.17, 15) is 9.90 Å². The lowest BCUT2D eigenvalue weighted by atomic mass is 10.1. The van der Waals surface area contributed by atoms with E-state index < -0.39 is 0 Å². The number of hydrogen-bond donors (Lipinski definition) is 1. The van der Waals surface area contributed by atoms with Crippen LogP contribution in [0.25, 0.3) is 0 Å². The van der Waals surface area contributed by atoms with Crippen molar-refractivity contribution in [3.05, 3.63) is 65.7 Å². The number of esters is 1. The van der Waals surface area contributed by atoms with Crippen LogP contribution in [0, 0.1) is 0 Å². The molecule has 0 bridgehead atoms. The number of benzene rings is 2. The summed E-state index contributed by atoms with van der Waals surface area (Å²) in [6, 6.07) is 16.8. The first-order valence-electron chi connectivity index (χ1n) is 6.72. The van der Waals surface area contributed by atoms with Gasteiger partial charge in [0, 0.05) is 6.42 Å². The second-order valence-corrected chi connectivity index (χ2v) is 4.63. The fourth-order valence-electron chi connectivity index (χ4n) is 1.96. The van der Waals surface area contributed by atoms with E-state index in [4.69, 9.17) is 4.74 Å². The summed E-state index contributed by atoms with van der Waals surface area (Å²) >= 11 is 0. The predicted octanol–water partition coefficient (Wildman–Crippen LogP) is 3.46. The van der Waals surface area contributed by atoms with Gasteiger partial charge in [-0.25, -0.2) is 0 Å². The quantitative estimate of drug-likeness (QED) is 0.818. The number of phenols is 1. The molecule has 0 aliphatic rings. The fourth-order valence-corrected chi connectivity index (χ4v) is 1.96. The Hall–Kier alpha value is -2.29. The van der Waals surface area contributed by atoms with Crippen molar-refractivity contribution in [3.8, 4) is 5.75 Å². The number of ether oxygens (including phenoxy) is 1. The van der Waals surface area contributed by atoms with Crippen LogP contribution in [0.3, 0.4) is 0 Å². The van der Waals surface area contributed by atoms with Crippen LogP contribution in [-0.4, -0.2) is 11.1 Å². The third kappa shape index (κ3) is 4.43. The average Bonchev–Trinajstić information content (AvgIpc) is 2.48. The maximum absolute atomic E-state index is 11.6. The van der Waals surface area contributed by atoms with E-state index in [1.54, 1.807) is 12.1 Å². The third-order valence-electron chi connectivity index (χ3n) is 3.06. The summed E-state index contributed by atoms with van der Waals surface area (Å²) in [5.74, 6) is 0.0782.